The summed E-state index contributed by atoms with van der Waals surface area (Å²) in [5.74, 6) is 1.52. The van der Waals surface area contributed by atoms with Crippen molar-refractivity contribution in [2.45, 2.75) is 38.6 Å². The van der Waals surface area contributed by atoms with E-state index in [2.05, 4.69) is 12.2 Å². The molecule has 1 aliphatic carbocycles. The third kappa shape index (κ3) is 3.10. The van der Waals surface area contributed by atoms with Crippen molar-refractivity contribution in [1.82, 2.24) is 5.32 Å². The molecular weight excluding hydrogens is 290 g/mol. The fourth-order valence-electron chi connectivity index (χ4n) is 3.02. The molecule has 1 saturated carbocycles. The zero-order valence-corrected chi connectivity index (χ0v) is 12.9. The molecule has 1 amide bonds. The molecular formula is C16H20ClNO3. The lowest BCUT2D eigenvalue weighted by Crippen LogP contribution is -2.41. The number of fused-ring (bicyclic) bond motifs is 1. The third-order valence-electron chi connectivity index (χ3n) is 4.29. The molecule has 1 aliphatic heterocycles. The number of carbonyl (C=O) groups excluding carboxylic acids is 1. The first-order valence-electron chi connectivity index (χ1n) is 7.55. The number of ether oxygens (including phenoxy) is 2. The zero-order chi connectivity index (χ0) is 14.8. The topological polar surface area (TPSA) is 47.6 Å². The number of hydrogen-bond acceptors (Lipinski definition) is 3. The fraction of sp³-hybridized carbons (Fsp3) is 0.562. The standard InChI is InChI=1S/C16H20ClNO3/c1-10-4-2-3-5-13(10)18-16(19)11-8-12(17)15-14(9-11)20-6-7-21-15/h8-10,13H,2-7H2,1H3,(H,18,19)/t10-,13-/m0/s1. The Morgan fingerprint density at radius 1 is 1.24 bits per heavy atom. The Morgan fingerprint density at radius 2 is 2.00 bits per heavy atom. The third-order valence-corrected chi connectivity index (χ3v) is 4.57. The molecule has 3 rings (SSSR count). The molecule has 1 aromatic carbocycles. The van der Waals surface area contributed by atoms with Gasteiger partial charge in [-0.3, -0.25) is 4.79 Å². The van der Waals surface area contributed by atoms with Gasteiger partial charge in [0.05, 0.1) is 5.02 Å². The lowest BCUT2D eigenvalue weighted by molar-refractivity contribution is 0.0909. The molecule has 0 spiro atoms. The van der Waals surface area contributed by atoms with E-state index in [0.29, 0.717) is 41.2 Å². The second-order valence-electron chi connectivity index (χ2n) is 5.82. The van der Waals surface area contributed by atoms with E-state index in [1.165, 1.54) is 19.3 Å². The van der Waals surface area contributed by atoms with Crippen molar-refractivity contribution in [3.8, 4) is 11.5 Å². The highest BCUT2D eigenvalue weighted by Crippen LogP contribution is 2.38. The number of halogens is 1. The van der Waals surface area contributed by atoms with Crippen molar-refractivity contribution in [2.75, 3.05) is 13.2 Å². The maximum absolute atomic E-state index is 12.4. The van der Waals surface area contributed by atoms with Crippen LogP contribution in [0.15, 0.2) is 12.1 Å². The van der Waals surface area contributed by atoms with Crippen LogP contribution in [0.2, 0.25) is 5.02 Å². The maximum atomic E-state index is 12.4. The molecule has 4 nitrogen and oxygen atoms in total. The number of hydrogen-bond donors (Lipinski definition) is 1. The van der Waals surface area contributed by atoms with E-state index in [4.69, 9.17) is 21.1 Å². The molecule has 2 aliphatic rings. The second kappa shape index (κ2) is 6.14. The Balaban J connectivity index is 1.76. The Morgan fingerprint density at radius 3 is 2.81 bits per heavy atom. The summed E-state index contributed by atoms with van der Waals surface area (Å²) in [5.41, 5.74) is 0.530. The van der Waals surface area contributed by atoms with Crippen LogP contribution >= 0.6 is 11.6 Å². The lowest BCUT2D eigenvalue weighted by atomic mass is 9.86. The van der Waals surface area contributed by atoms with Crippen LogP contribution in [-0.4, -0.2) is 25.2 Å². The SMILES string of the molecule is C[C@H]1CCCC[C@@H]1NC(=O)c1cc(Cl)c2c(c1)OCCO2. The average Bonchev–Trinajstić information content (AvgIpc) is 2.49. The van der Waals surface area contributed by atoms with Gasteiger partial charge in [0.25, 0.3) is 5.91 Å². The van der Waals surface area contributed by atoms with Gasteiger partial charge in [-0.15, -0.1) is 0 Å². The molecule has 0 saturated heterocycles. The van der Waals surface area contributed by atoms with Crippen molar-refractivity contribution < 1.29 is 14.3 Å². The molecule has 1 heterocycles. The van der Waals surface area contributed by atoms with Gasteiger partial charge in [-0.25, -0.2) is 0 Å². The number of nitrogens with one attached hydrogen (secondary N) is 1. The molecule has 0 bridgehead atoms. The van der Waals surface area contributed by atoms with Crippen molar-refractivity contribution in [3.63, 3.8) is 0 Å². The summed E-state index contributed by atoms with van der Waals surface area (Å²) in [7, 11) is 0. The highest BCUT2D eigenvalue weighted by molar-refractivity contribution is 6.32. The highest BCUT2D eigenvalue weighted by atomic mass is 35.5. The molecule has 2 atom stereocenters. The Bertz CT molecular complexity index is 547. The minimum Gasteiger partial charge on any atom is -0.486 e. The van der Waals surface area contributed by atoms with Gasteiger partial charge >= 0.3 is 0 Å². The van der Waals surface area contributed by atoms with Gasteiger partial charge in [-0.05, 0) is 30.9 Å². The van der Waals surface area contributed by atoms with E-state index in [9.17, 15) is 4.79 Å². The fourth-order valence-corrected chi connectivity index (χ4v) is 3.29. The zero-order valence-electron chi connectivity index (χ0n) is 12.2. The van der Waals surface area contributed by atoms with Crippen LogP contribution in [0.3, 0.4) is 0 Å². The van der Waals surface area contributed by atoms with Crippen LogP contribution in [0, 0.1) is 5.92 Å². The molecule has 1 fully saturated rings. The molecule has 5 heteroatoms. The highest BCUT2D eigenvalue weighted by Gasteiger charge is 2.25. The van der Waals surface area contributed by atoms with Gasteiger partial charge in [0.15, 0.2) is 11.5 Å². The summed E-state index contributed by atoms with van der Waals surface area (Å²) in [6.45, 7) is 3.16. The summed E-state index contributed by atoms with van der Waals surface area (Å²) in [5, 5.41) is 3.55. The van der Waals surface area contributed by atoms with Crippen LogP contribution in [0.1, 0.15) is 43.0 Å². The number of amides is 1. The largest absolute Gasteiger partial charge is 0.486 e. The van der Waals surface area contributed by atoms with Gasteiger partial charge in [0.1, 0.15) is 13.2 Å². The summed E-state index contributed by atoms with van der Waals surface area (Å²) in [6, 6.07) is 3.61. The monoisotopic (exact) mass is 309 g/mol. The van der Waals surface area contributed by atoms with Crippen LogP contribution in [0.5, 0.6) is 11.5 Å². The van der Waals surface area contributed by atoms with E-state index in [0.717, 1.165) is 6.42 Å². The predicted octanol–water partition coefficient (Wildman–Crippen LogP) is 3.42. The van der Waals surface area contributed by atoms with Crippen molar-refractivity contribution in [3.05, 3.63) is 22.7 Å². The van der Waals surface area contributed by atoms with E-state index >= 15 is 0 Å². The number of rotatable bonds is 2. The van der Waals surface area contributed by atoms with Crippen molar-refractivity contribution >= 4 is 17.5 Å². The minimum atomic E-state index is -0.0902. The van der Waals surface area contributed by atoms with E-state index in [1.54, 1.807) is 12.1 Å². The van der Waals surface area contributed by atoms with Gasteiger partial charge < -0.3 is 14.8 Å². The Kier molecular flexibility index (Phi) is 4.24. The molecule has 21 heavy (non-hydrogen) atoms. The van der Waals surface area contributed by atoms with Crippen molar-refractivity contribution in [2.24, 2.45) is 5.92 Å². The molecule has 0 unspecified atom stereocenters. The lowest BCUT2D eigenvalue weighted by Gasteiger charge is -2.29. The first-order chi connectivity index (χ1) is 10.1. The number of carbonyl (C=O) groups is 1. The average molecular weight is 310 g/mol. The number of benzene rings is 1. The Hall–Kier alpha value is -1.42. The summed E-state index contributed by atoms with van der Waals surface area (Å²) in [4.78, 5) is 12.4. The van der Waals surface area contributed by atoms with Crippen LogP contribution < -0.4 is 14.8 Å². The van der Waals surface area contributed by atoms with Gasteiger partial charge in [0.2, 0.25) is 0 Å². The molecule has 1 aromatic rings. The molecule has 0 radical (unpaired) electrons. The maximum Gasteiger partial charge on any atom is 0.251 e. The van der Waals surface area contributed by atoms with E-state index in [1.807, 2.05) is 0 Å². The van der Waals surface area contributed by atoms with Crippen LogP contribution in [-0.2, 0) is 0 Å². The second-order valence-corrected chi connectivity index (χ2v) is 6.23. The van der Waals surface area contributed by atoms with Gasteiger partial charge in [0, 0.05) is 11.6 Å². The Labute approximate surface area is 129 Å². The first-order valence-corrected chi connectivity index (χ1v) is 7.93. The summed E-state index contributed by atoms with van der Waals surface area (Å²) >= 11 is 6.18. The van der Waals surface area contributed by atoms with Crippen molar-refractivity contribution in [1.29, 1.82) is 0 Å². The molecule has 114 valence electrons. The van der Waals surface area contributed by atoms with Gasteiger partial charge in [-0.1, -0.05) is 31.4 Å². The molecule has 1 N–H and O–H groups in total. The normalized spacial score (nSPS) is 24.5. The quantitative estimate of drug-likeness (QED) is 0.910. The molecule has 0 aromatic heterocycles. The minimum absolute atomic E-state index is 0.0902. The summed E-state index contributed by atoms with van der Waals surface area (Å²) in [6.07, 6.45) is 4.65. The first kappa shape index (κ1) is 14.5. The van der Waals surface area contributed by atoms with Crippen LogP contribution in [0.25, 0.3) is 0 Å². The smallest absolute Gasteiger partial charge is 0.251 e. The van der Waals surface area contributed by atoms with E-state index in [-0.39, 0.29) is 11.9 Å². The van der Waals surface area contributed by atoms with E-state index < -0.39 is 0 Å². The predicted molar refractivity (Wildman–Crippen MR) is 81.3 cm³/mol. The van der Waals surface area contributed by atoms with Crippen LogP contribution in [0.4, 0.5) is 0 Å². The summed E-state index contributed by atoms with van der Waals surface area (Å²) < 4.78 is 11.0. The van der Waals surface area contributed by atoms with Gasteiger partial charge in [-0.2, -0.15) is 0 Å².